The molecule has 0 aliphatic rings. The molecule has 0 radical (unpaired) electrons. The van der Waals surface area contributed by atoms with E-state index in [4.69, 9.17) is 0 Å². The van der Waals surface area contributed by atoms with Gasteiger partial charge in [0.25, 0.3) is 0 Å². The van der Waals surface area contributed by atoms with Gasteiger partial charge < -0.3 is 0 Å². The lowest BCUT2D eigenvalue weighted by molar-refractivity contribution is 0.334. The quantitative estimate of drug-likeness (QED) is 0.564. The average molecular weight is 226 g/mol. The summed E-state index contributed by atoms with van der Waals surface area (Å²) in [5, 5.41) is 9.09. The summed E-state index contributed by atoms with van der Waals surface area (Å²) in [5.74, 6) is 1.34. The zero-order valence-electron chi connectivity index (χ0n) is 12.5. The van der Waals surface area contributed by atoms with Gasteiger partial charge in [0, 0.05) is 0 Å². The number of hydrogen-bond acceptors (Lipinski definition) is 2. The summed E-state index contributed by atoms with van der Waals surface area (Å²) >= 11 is 0. The fourth-order valence-corrected chi connectivity index (χ4v) is 2.35. The largest absolute Gasteiger partial charge is 0.187 e. The van der Waals surface area contributed by atoms with Crippen molar-refractivity contribution in [3.8, 4) is 0 Å². The Balaban J connectivity index is 4.45. The summed E-state index contributed by atoms with van der Waals surface area (Å²) in [6.45, 7) is 17.6. The summed E-state index contributed by atoms with van der Waals surface area (Å²) in [7, 11) is 0. The van der Waals surface area contributed by atoms with Crippen LogP contribution in [0.15, 0.2) is 10.2 Å². The van der Waals surface area contributed by atoms with Gasteiger partial charge in [-0.15, -0.1) is 0 Å². The zero-order chi connectivity index (χ0) is 13.0. The first kappa shape index (κ1) is 15.6. The summed E-state index contributed by atoms with van der Waals surface area (Å²) in [6.07, 6.45) is 2.18. The Kier molecular flexibility index (Phi) is 5.64. The highest BCUT2D eigenvalue weighted by molar-refractivity contribution is 4.82. The number of rotatable bonds is 6. The predicted molar refractivity (Wildman–Crippen MR) is 71.9 cm³/mol. The fraction of sp³-hybridized carbons (Fsp3) is 1.00. The molecule has 0 saturated heterocycles. The Bertz CT molecular complexity index is 201. The molecule has 0 aliphatic carbocycles. The van der Waals surface area contributed by atoms with Crippen molar-refractivity contribution in [3.05, 3.63) is 0 Å². The van der Waals surface area contributed by atoms with Crippen LogP contribution in [0.5, 0.6) is 0 Å². The van der Waals surface area contributed by atoms with Crippen LogP contribution in [0.2, 0.25) is 0 Å². The highest BCUT2D eigenvalue weighted by Gasteiger charge is 2.22. The van der Waals surface area contributed by atoms with E-state index in [0.717, 1.165) is 12.8 Å². The molecule has 0 atom stereocenters. The van der Waals surface area contributed by atoms with Crippen LogP contribution in [0.25, 0.3) is 0 Å². The second-order valence-corrected chi connectivity index (χ2v) is 7.02. The first-order chi connectivity index (χ1) is 7.04. The molecule has 0 rings (SSSR count). The molecule has 2 nitrogen and oxygen atoms in total. The topological polar surface area (TPSA) is 24.7 Å². The van der Waals surface area contributed by atoms with Crippen LogP contribution in [-0.4, -0.2) is 11.1 Å². The molecule has 0 aromatic carbocycles. The van der Waals surface area contributed by atoms with Gasteiger partial charge in [0.2, 0.25) is 0 Å². The number of hydrogen-bond donors (Lipinski definition) is 0. The molecule has 0 unspecified atom stereocenters. The molecule has 0 spiro atoms. The Labute approximate surface area is 102 Å². The van der Waals surface area contributed by atoms with Crippen LogP contribution in [0.4, 0.5) is 0 Å². The minimum absolute atomic E-state index is 0.0254. The van der Waals surface area contributed by atoms with Gasteiger partial charge in [-0.1, -0.05) is 27.7 Å². The monoisotopic (exact) mass is 226 g/mol. The van der Waals surface area contributed by atoms with Crippen molar-refractivity contribution in [2.24, 2.45) is 22.1 Å². The lowest BCUT2D eigenvalue weighted by atomic mass is 9.93. The molecule has 0 fully saturated rings. The summed E-state index contributed by atoms with van der Waals surface area (Å²) in [4.78, 5) is 0. The molecule has 96 valence electrons. The van der Waals surface area contributed by atoms with Crippen molar-refractivity contribution in [1.82, 2.24) is 0 Å². The Morgan fingerprint density at radius 3 is 1.12 bits per heavy atom. The summed E-state index contributed by atoms with van der Waals surface area (Å²) in [6, 6.07) is 0. The van der Waals surface area contributed by atoms with Crippen LogP contribution in [0.3, 0.4) is 0 Å². The van der Waals surface area contributed by atoms with Gasteiger partial charge >= 0.3 is 0 Å². The third-order valence-electron chi connectivity index (χ3n) is 2.41. The second kappa shape index (κ2) is 5.79. The summed E-state index contributed by atoms with van der Waals surface area (Å²) in [5.41, 5.74) is -0.0508. The van der Waals surface area contributed by atoms with Gasteiger partial charge in [-0.3, -0.25) is 0 Å². The lowest BCUT2D eigenvalue weighted by Gasteiger charge is -2.25. The van der Waals surface area contributed by atoms with Gasteiger partial charge in [-0.05, 0) is 52.4 Å². The zero-order valence-corrected chi connectivity index (χ0v) is 12.5. The highest BCUT2D eigenvalue weighted by Crippen LogP contribution is 2.25. The van der Waals surface area contributed by atoms with Crippen molar-refractivity contribution >= 4 is 0 Å². The van der Waals surface area contributed by atoms with E-state index < -0.39 is 0 Å². The van der Waals surface area contributed by atoms with Crippen LogP contribution < -0.4 is 0 Å². The van der Waals surface area contributed by atoms with E-state index in [9.17, 15) is 0 Å². The molecule has 0 aromatic rings. The molecular weight excluding hydrogens is 196 g/mol. The SMILES string of the molecule is CC(C)CC(C)(C)N=NC(C)(C)CC(C)C. The standard InChI is InChI=1S/C14H30N2/c1-11(2)9-13(5,6)15-16-14(7,8)10-12(3)4/h11-12H,9-10H2,1-8H3. The van der Waals surface area contributed by atoms with Crippen molar-refractivity contribution < 1.29 is 0 Å². The van der Waals surface area contributed by atoms with E-state index in [0.29, 0.717) is 11.8 Å². The van der Waals surface area contributed by atoms with Crippen LogP contribution in [-0.2, 0) is 0 Å². The number of azo groups is 1. The molecule has 2 heteroatoms. The van der Waals surface area contributed by atoms with E-state index in [1.165, 1.54) is 0 Å². The van der Waals surface area contributed by atoms with Crippen molar-refractivity contribution in [2.45, 2.75) is 79.3 Å². The van der Waals surface area contributed by atoms with Gasteiger partial charge in [0.1, 0.15) is 0 Å². The Morgan fingerprint density at radius 2 is 0.938 bits per heavy atom. The maximum Gasteiger partial charge on any atom is 0.0762 e. The van der Waals surface area contributed by atoms with E-state index in [-0.39, 0.29) is 11.1 Å². The Morgan fingerprint density at radius 1 is 0.688 bits per heavy atom. The molecule has 0 heterocycles. The second-order valence-electron chi connectivity index (χ2n) is 7.02. The molecule has 16 heavy (non-hydrogen) atoms. The maximum atomic E-state index is 4.55. The molecule has 0 aliphatic heterocycles. The minimum atomic E-state index is -0.0254. The smallest absolute Gasteiger partial charge is 0.0762 e. The van der Waals surface area contributed by atoms with E-state index in [1.807, 2.05) is 0 Å². The minimum Gasteiger partial charge on any atom is -0.187 e. The van der Waals surface area contributed by atoms with Crippen LogP contribution in [0.1, 0.15) is 68.2 Å². The average Bonchev–Trinajstić information content (AvgIpc) is 1.96. The molecule has 0 amide bonds. The van der Waals surface area contributed by atoms with Crippen LogP contribution >= 0.6 is 0 Å². The van der Waals surface area contributed by atoms with Gasteiger partial charge in [0.15, 0.2) is 0 Å². The van der Waals surface area contributed by atoms with Crippen molar-refractivity contribution in [3.63, 3.8) is 0 Å². The molecule has 0 saturated carbocycles. The molecule has 0 N–H and O–H groups in total. The third-order valence-corrected chi connectivity index (χ3v) is 2.41. The maximum absolute atomic E-state index is 4.55. The number of nitrogens with zero attached hydrogens (tertiary/aromatic N) is 2. The van der Waals surface area contributed by atoms with Gasteiger partial charge in [0.05, 0.1) is 11.1 Å². The van der Waals surface area contributed by atoms with Gasteiger partial charge in [-0.25, -0.2) is 0 Å². The van der Waals surface area contributed by atoms with E-state index in [1.54, 1.807) is 0 Å². The fourth-order valence-electron chi connectivity index (χ4n) is 2.35. The summed E-state index contributed by atoms with van der Waals surface area (Å²) < 4.78 is 0. The molecule has 0 bridgehead atoms. The predicted octanol–water partition coefficient (Wildman–Crippen LogP) is 5.09. The third kappa shape index (κ3) is 7.84. The first-order valence-corrected chi connectivity index (χ1v) is 6.48. The highest BCUT2D eigenvalue weighted by atomic mass is 15.2. The normalized spacial score (nSPS) is 14.4. The van der Waals surface area contributed by atoms with E-state index >= 15 is 0 Å². The lowest BCUT2D eigenvalue weighted by Crippen LogP contribution is -2.23. The Hall–Kier alpha value is -0.400. The van der Waals surface area contributed by atoms with Gasteiger partial charge in [-0.2, -0.15) is 10.2 Å². The van der Waals surface area contributed by atoms with Crippen LogP contribution in [0, 0.1) is 11.8 Å². The van der Waals surface area contributed by atoms with Crippen molar-refractivity contribution in [1.29, 1.82) is 0 Å². The van der Waals surface area contributed by atoms with Crippen molar-refractivity contribution in [2.75, 3.05) is 0 Å². The molecule has 0 aromatic heterocycles. The molecular formula is C14H30N2. The first-order valence-electron chi connectivity index (χ1n) is 6.48. The van der Waals surface area contributed by atoms with E-state index in [2.05, 4.69) is 65.6 Å².